The maximum atomic E-state index is 11.3. The number of carbonyl (C=O) groups is 1. The lowest BCUT2D eigenvalue weighted by Crippen LogP contribution is -2.05. The van der Waals surface area contributed by atoms with Gasteiger partial charge in [0.1, 0.15) is 11.4 Å². The molecular weight excluding hydrogens is 244 g/mol. The number of methoxy groups -OCH3 is 1. The van der Waals surface area contributed by atoms with Gasteiger partial charge in [-0.2, -0.15) is 5.10 Å². The number of H-pyrrole nitrogens is 1. The Kier molecular flexibility index (Phi) is 3.85. The molecule has 0 spiro atoms. The molecular formula is C14H16N2O3. The van der Waals surface area contributed by atoms with E-state index in [4.69, 9.17) is 4.74 Å². The molecule has 1 N–H and O–H groups in total. The van der Waals surface area contributed by atoms with E-state index in [1.807, 2.05) is 38.1 Å². The molecule has 1 heterocycles. The lowest BCUT2D eigenvalue weighted by atomic mass is 10.1. The van der Waals surface area contributed by atoms with Crippen molar-refractivity contribution in [3.8, 4) is 17.0 Å². The third-order valence-electron chi connectivity index (χ3n) is 2.51. The van der Waals surface area contributed by atoms with Gasteiger partial charge in [-0.3, -0.25) is 5.10 Å². The van der Waals surface area contributed by atoms with Crippen molar-refractivity contribution in [2.45, 2.75) is 20.0 Å². The quantitative estimate of drug-likeness (QED) is 0.858. The monoisotopic (exact) mass is 260 g/mol. The van der Waals surface area contributed by atoms with Gasteiger partial charge in [-0.25, -0.2) is 4.79 Å². The Morgan fingerprint density at radius 1 is 1.26 bits per heavy atom. The second-order valence-electron chi connectivity index (χ2n) is 4.35. The summed E-state index contributed by atoms with van der Waals surface area (Å²) in [5.41, 5.74) is 1.93. The number of esters is 1. The van der Waals surface area contributed by atoms with Crippen LogP contribution in [0.2, 0.25) is 0 Å². The summed E-state index contributed by atoms with van der Waals surface area (Å²) in [7, 11) is 1.33. The van der Waals surface area contributed by atoms with Crippen molar-refractivity contribution in [3.63, 3.8) is 0 Å². The lowest BCUT2D eigenvalue weighted by Gasteiger charge is -2.09. The van der Waals surface area contributed by atoms with Crippen molar-refractivity contribution < 1.29 is 14.3 Å². The van der Waals surface area contributed by atoms with Crippen LogP contribution in [0.15, 0.2) is 30.3 Å². The van der Waals surface area contributed by atoms with Gasteiger partial charge in [-0.15, -0.1) is 0 Å². The molecule has 100 valence electrons. The SMILES string of the molecule is COC(=O)c1cc(-c2ccc(OC(C)C)cc2)n[nH]1. The molecule has 19 heavy (non-hydrogen) atoms. The number of carbonyl (C=O) groups excluding carboxylic acids is 1. The van der Waals surface area contributed by atoms with Crippen molar-refractivity contribution in [1.29, 1.82) is 0 Å². The van der Waals surface area contributed by atoms with Crippen LogP contribution >= 0.6 is 0 Å². The van der Waals surface area contributed by atoms with Crippen molar-refractivity contribution in [2.75, 3.05) is 7.11 Å². The van der Waals surface area contributed by atoms with Gasteiger partial charge in [-0.1, -0.05) is 0 Å². The van der Waals surface area contributed by atoms with Gasteiger partial charge < -0.3 is 9.47 Å². The molecule has 0 fully saturated rings. The van der Waals surface area contributed by atoms with Gasteiger partial charge in [-0.05, 0) is 44.2 Å². The standard InChI is InChI=1S/C14H16N2O3/c1-9(2)19-11-6-4-10(5-7-11)12-8-13(16-15-12)14(17)18-3/h4-9H,1-3H3,(H,15,16). The largest absolute Gasteiger partial charge is 0.491 e. The fourth-order valence-corrected chi connectivity index (χ4v) is 1.66. The Labute approximate surface area is 111 Å². The van der Waals surface area contributed by atoms with Crippen molar-refractivity contribution in [3.05, 3.63) is 36.0 Å². The molecule has 0 bridgehead atoms. The number of aromatic nitrogens is 2. The van der Waals surface area contributed by atoms with Crippen LogP contribution in [0.1, 0.15) is 24.3 Å². The molecule has 2 rings (SSSR count). The van der Waals surface area contributed by atoms with Crippen molar-refractivity contribution in [2.24, 2.45) is 0 Å². The summed E-state index contributed by atoms with van der Waals surface area (Å²) in [5.74, 6) is 0.376. The van der Waals surface area contributed by atoms with Crippen LogP contribution in [-0.4, -0.2) is 29.4 Å². The van der Waals surface area contributed by atoms with Gasteiger partial charge in [0, 0.05) is 5.56 Å². The topological polar surface area (TPSA) is 64.2 Å². The zero-order valence-electron chi connectivity index (χ0n) is 11.1. The first-order valence-corrected chi connectivity index (χ1v) is 6.01. The first-order valence-electron chi connectivity index (χ1n) is 6.01. The van der Waals surface area contributed by atoms with Crippen LogP contribution in [0, 0.1) is 0 Å². The third-order valence-corrected chi connectivity index (χ3v) is 2.51. The number of ether oxygens (including phenoxy) is 2. The molecule has 0 atom stereocenters. The minimum Gasteiger partial charge on any atom is -0.491 e. The number of benzene rings is 1. The molecule has 0 aliphatic rings. The van der Waals surface area contributed by atoms with E-state index >= 15 is 0 Å². The normalized spacial score (nSPS) is 10.5. The minimum atomic E-state index is -0.432. The number of aromatic amines is 1. The summed E-state index contributed by atoms with van der Waals surface area (Å²) in [6, 6.07) is 9.21. The Bertz CT molecular complexity index is 558. The first-order chi connectivity index (χ1) is 9.10. The highest BCUT2D eigenvalue weighted by Crippen LogP contribution is 2.22. The average molecular weight is 260 g/mol. The Morgan fingerprint density at radius 3 is 2.53 bits per heavy atom. The molecule has 1 aromatic carbocycles. The Balaban J connectivity index is 2.18. The molecule has 0 radical (unpaired) electrons. The fraction of sp³-hybridized carbons (Fsp3) is 0.286. The Morgan fingerprint density at radius 2 is 1.95 bits per heavy atom. The van der Waals surface area contributed by atoms with E-state index in [9.17, 15) is 4.79 Å². The van der Waals surface area contributed by atoms with Crippen LogP contribution in [-0.2, 0) is 4.74 Å². The van der Waals surface area contributed by atoms with Crippen LogP contribution in [0.3, 0.4) is 0 Å². The molecule has 0 saturated heterocycles. The molecule has 0 aliphatic carbocycles. The molecule has 2 aromatic rings. The number of hydrogen-bond acceptors (Lipinski definition) is 4. The minimum absolute atomic E-state index is 0.141. The zero-order valence-corrected chi connectivity index (χ0v) is 11.1. The maximum Gasteiger partial charge on any atom is 0.356 e. The number of nitrogens with one attached hydrogen (secondary N) is 1. The first kappa shape index (κ1) is 13.1. The zero-order chi connectivity index (χ0) is 13.8. The van der Waals surface area contributed by atoms with E-state index in [0.29, 0.717) is 11.4 Å². The van der Waals surface area contributed by atoms with Gasteiger partial charge in [0.2, 0.25) is 0 Å². The lowest BCUT2D eigenvalue weighted by molar-refractivity contribution is 0.0594. The van der Waals surface area contributed by atoms with E-state index in [1.54, 1.807) is 6.07 Å². The van der Waals surface area contributed by atoms with E-state index < -0.39 is 5.97 Å². The van der Waals surface area contributed by atoms with E-state index in [0.717, 1.165) is 11.3 Å². The summed E-state index contributed by atoms with van der Waals surface area (Å²) in [6.07, 6.45) is 0.141. The van der Waals surface area contributed by atoms with Crippen LogP contribution in [0.4, 0.5) is 0 Å². The molecule has 5 heteroatoms. The summed E-state index contributed by atoms with van der Waals surface area (Å²) < 4.78 is 10.2. The molecule has 0 aliphatic heterocycles. The number of nitrogens with zero attached hydrogens (tertiary/aromatic N) is 1. The summed E-state index contributed by atoms with van der Waals surface area (Å²) in [4.78, 5) is 11.3. The van der Waals surface area contributed by atoms with Crippen molar-refractivity contribution in [1.82, 2.24) is 10.2 Å². The van der Waals surface area contributed by atoms with Crippen LogP contribution in [0.25, 0.3) is 11.3 Å². The van der Waals surface area contributed by atoms with Gasteiger partial charge in [0.15, 0.2) is 0 Å². The summed E-state index contributed by atoms with van der Waals surface area (Å²) in [5, 5.41) is 6.73. The van der Waals surface area contributed by atoms with Gasteiger partial charge in [0.25, 0.3) is 0 Å². The molecule has 1 aromatic heterocycles. The second-order valence-corrected chi connectivity index (χ2v) is 4.35. The maximum absolute atomic E-state index is 11.3. The predicted molar refractivity (Wildman–Crippen MR) is 71.1 cm³/mol. The summed E-state index contributed by atoms with van der Waals surface area (Å²) in [6.45, 7) is 3.95. The highest BCUT2D eigenvalue weighted by molar-refractivity contribution is 5.88. The predicted octanol–water partition coefficient (Wildman–Crippen LogP) is 2.65. The number of hydrogen-bond donors (Lipinski definition) is 1. The molecule has 5 nitrogen and oxygen atoms in total. The molecule has 0 amide bonds. The fourth-order valence-electron chi connectivity index (χ4n) is 1.66. The number of rotatable bonds is 4. The average Bonchev–Trinajstić information content (AvgIpc) is 2.87. The highest BCUT2D eigenvalue weighted by Gasteiger charge is 2.10. The van der Waals surface area contributed by atoms with E-state index in [2.05, 4.69) is 14.9 Å². The van der Waals surface area contributed by atoms with Crippen LogP contribution in [0.5, 0.6) is 5.75 Å². The van der Waals surface area contributed by atoms with Crippen molar-refractivity contribution >= 4 is 5.97 Å². The van der Waals surface area contributed by atoms with Gasteiger partial charge >= 0.3 is 5.97 Å². The molecule has 0 saturated carbocycles. The van der Waals surface area contributed by atoms with Gasteiger partial charge in [0.05, 0.1) is 18.9 Å². The third kappa shape index (κ3) is 3.13. The second kappa shape index (κ2) is 5.56. The Hall–Kier alpha value is -2.30. The van der Waals surface area contributed by atoms with E-state index in [1.165, 1.54) is 7.11 Å². The highest BCUT2D eigenvalue weighted by atomic mass is 16.5. The smallest absolute Gasteiger partial charge is 0.356 e. The van der Waals surface area contributed by atoms with Crippen LogP contribution < -0.4 is 4.74 Å². The summed E-state index contributed by atoms with van der Waals surface area (Å²) >= 11 is 0. The molecule has 0 unspecified atom stereocenters. The van der Waals surface area contributed by atoms with E-state index in [-0.39, 0.29) is 6.10 Å².